The fourth-order valence-corrected chi connectivity index (χ4v) is 4.98. The normalized spacial score (nSPS) is 16.8. The van der Waals surface area contributed by atoms with Crippen LogP contribution in [0, 0.1) is 0 Å². The van der Waals surface area contributed by atoms with Crippen LogP contribution in [-0.2, 0) is 40.3 Å². The van der Waals surface area contributed by atoms with Crippen LogP contribution in [0.1, 0.15) is 32.6 Å². The van der Waals surface area contributed by atoms with Gasteiger partial charge in [0.1, 0.15) is 6.04 Å². The highest BCUT2D eigenvalue weighted by Crippen LogP contribution is 2.28. The summed E-state index contributed by atoms with van der Waals surface area (Å²) in [5, 5.41) is 0.323. The van der Waals surface area contributed by atoms with Crippen molar-refractivity contribution in [1.29, 1.82) is 0 Å². The number of halogens is 1. The van der Waals surface area contributed by atoms with E-state index >= 15 is 0 Å². The monoisotopic (exact) mass is 488 g/mol. The third kappa shape index (κ3) is 4.80. The second-order valence-electron chi connectivity index (χ2n) is 8.84. The van der Waals surface area contributed by atoms with Gasteiger partial charge in [-0.25, -0.2) is 4.79 Å². The molecule has 1 unspecified atom stereocenters. The molecule has 0 bridgehead atoms. The number of amides is 2. The third-order valence-electron chi connectivity index (χ3n) is 6.71. The Morgan fingerprint density at radius 1 is 0.829 bits per heavy atom. The maximum atomic E-state index is 13.4. The van der Waals surface area contributed by atoms with Crippen molar-refractivity contribution in [3.8, 4) is 0 Å². The van der Waals surface area contributed by atoms with E-state index in [0.29, 0.717) is 30.1 Å². The Hall–Kier alpha value is -3.64. The standard InChI is InChI=1S/C28H25ClN2O4/c29-24-12-6-5-11-23(24)27(33)31-17-22-10-4-2-8-20(22)15-25(31)28(34)35-18-26(32)30-14-13-19-7-1-3-9-21(19)16-30/h1-12,25H,13-18H2. The molecule has 2 aliphatic heterocycles. The molecule has 2 heterocycles. The molecule has 0 radical (unpaired) electrons. The molecule has 2 amide bonds. The summed E-state index contributed by atoms with van der Waals surface area (Å²) in [4.78, 5) is 42.6. The zero-order chi connectivity index (χ0) is 24.4. The van der Waals surface area contributed by atoms with Crippen molar-refractivity contribution >= 4 is 29.4 Å². The maximum absolute atomic E-state index is 13.4. The summed E-state index contributed by atoms with van der Waals surface area (Å²) in [5.41, 5.74) is 4.63. The predicted octanol–water partition coefficient (Wildman–Crippen LogP) is 4.04. The Bertz CT molecular complexity index is 1290. The first kappa shape index (κ1) is 23.1. The molecule has 0 aromatic heterocycles. The van der Waals surface area contributed by atoms with Crippen molar-refractivity contribution in [3.05, 3.63) is 106 Å². The van der Waals surface area contributed by atoms with Gasteiger partial charge in [0.05, 0.1) is 10.6 Å². The van der Waals surface area contributed by atoms with E-state index in [4.69, 9.17) is 16.3 Å². The second-order valence-corrected chi connectivity index (χ2v) is 9.25. The SMILES string of the molecule is O=C(OCC(=O)N1CCc2ccccc2C1)C1Cc2ccccc2CN1C(=O)c1ccccc1Cl. The zero-order valence-corrected chi connectivity index (χ0v) is 19.9. The first-order valence-electron chi connectivity index (χ1n) is 11.6. The van der Waals surface area contributed by atoms with Gasteiger partial charge in [-0.3, -0.25) is 9.59 Å². The highest BCUT2D eigenvalue weighted by Gasteiger charge is 2.37. The van der Waals surface area contributed by atoms with Crippen molar-refractivity contribution in [2.24, 2.45) is 0 Å². The summed E-state index contributed by atoms with van der Waals surface area (Å²) in [6, 6.07) is 21.7. The summed E-state index contributed by atoms with van der Waals surface area (Å²) in [7, 11) is 0. The summed E-state index contributed by atoms with van der Waals surface area (Å²) in [5.74, 6) is -1.18. The zero-order valence-electron chi connectivity index (χ0n) is 19.2. The van der Waals surface area contributed by atoms with Crippen molar-refractivity contribution in [2.75, 3.05) is 13.2 Å². The van der Waals surface area contributed by atoms with Crippen LogP contribution in [0.25, 0.3) is 0 Å². The van der Waals surface area contributed by atoms with E-state index in [1.807, 2.05) is 42.5 Å². The van der Waals surface area contributed by atoms with E-state index in [-0.39, 0.29) is 25.0 Å². The summed E-state index contributed by atoms with van der Waals surface area (Å²) < 4.78 is 5.49. The van der Waals surface area contributed by atoms with Gasteiger partial charge in [-0.2, -0.15) is 0 Å². The lowest BCUT2D eigenvalue weighted by Crippen LogP contribution is -2.50. The number of carbonyl (C=O) groups is 3. The Morgan fingerprint density at radius 2 is 1.46 bits per heavy atom. The highest BCUT2D eigenvalue weighted by atomic mass is 35.5. The smallest absolute Gasteiger partial charge is 0.329 e. The van der Waals surface area contributed by atoms with Gasteiger partial charge < -0.3 is 14.5 Å². The summed E-state index contributed by atoms with van der Waals surface area (Å²) in [6.07, 6.45) is 1.09. The van der Waals surface area contributed by atoms with Crippen LogP contribution in [0.3, 0.4) is 0 Å². The lowest BCUT2D eigenvalue weighted by Gasteiger charge is -2.36. The quantitative estimate of drug-likeness (QED) is 0.520. The third-order valence-corrected chi connectivity index (χ3v) is 7.04. The number of nitrogens with zero attached hydrogens (tertiary/aromatic N) is 2. The summed E-state index contributed by atoms with van der Waals surface area (Å²) in [6.45, 7) is 0.992. The molecular formula is C28H25ClN2O4. The van der Waals surface area contributed by atoms with Crippen LogP contribution >= 0.6 is 11.6 Å². The molecule has 0 fully saturated rings. The molecule has 178 valence electrons. The lowest BCUT2D eigenvalue weighted by molar-refractivity contribution is -0.156. The first-order chi connectivity index (χ1) is 17.0. The molecule has 0 spiro atoms. The number of ether oxygens (including phenoxy) is 1. The largest absolute Gasteiger partial charge is 0.454 e. The van der Waals surface area contributed by atoms with Gasteiger partial charge >= 0.3 is 5.97 Å². The molecule has 0 saturated heterocycles. The summed E-state index contributed by atoms with van der Waals surface area (Å²) >= 11 is 6.28. The van der Waals surface area contributed by atoms with Gasteiger partial charge in [-0.1, -0.05) is 72.3 Å². The van der Waals surface area contributed by atoms with Gasteiger partial charge in [-0.05, 0) is 40.8 Å². The van der Waals surface area contributed by atoms with Gasteiger partial charge in [-0.15, -0.1) is 0 Å². The number of carbonyl (C=O) groups excluding carboxylic acids is 3. The van der Waals surface area contributed by atoms with Gasteiger partial charge in [0, 0.05) is 26.1 Å². The van der Waals surface area contributed by atoms with Crippen molar-refractivity contribution in [2.45, 2.75) is 32.0 Å². The number of fused-ring (bicyclic) bond motifs is 2. The fourth-order valence-electron chi connectivity index (χ4n) is 4.77. The van der Waals surface area contributed by atoms with Gasteiger partial charge in [0.2, 0.25) is 0 Å². The van der Waals surface area contributed by atoms with E-state index in [2.05, 4.69) is 6.07 Å². The molecule has 3 aromatic carbocycles. The van der Waals surface area contributed by atoms with Crippen molar-refractivity contribution < 1.29 is 19.1 Å². The Balaban J connectivity index is 1.31. The first-order valence-corrected chi connectivity index (χ1v) is 12.0. The lowest BCUT2D eigenvalue weighted by atomic mass is 9.93. The number of hydrogen-bond acceptors (Lipinski definition) is 4. The number of benzene rings is 3. The van der Waals surface area contributed by atoms with E-state index in [1.54, 1.807) is 29.2 Å². The Morgan fingerprint density at radius 3 is 2.20 bits per heavy atom. The molecule has 0 saturated carbocycles. The van der Waals surface area contributed by atoms with E-state index in [9.17, 15) is 14.4 Å². The minimum absolute atomic E-state index is 0.243. The minimum atomic E-state index is -0.844. The molecule has 2 aliphatic rings. The van der Waals surface area contributed by atoms with Gasteiger partial charge in [0.25, 0.3) is 11.8 Å². The molecule has 3 aromatic rings. The molecule has 6 nitrogen and oxygen atoms in total. The van der Waals surface area contributed by atoms with E-state index in [1.165, 1.54) is 10.5 Å². The van der Waals surface area contributed by atoms with Crippen LogP contribution in [0.4, 0.5) is 0 Å². The second kappa shape index (κ2) is 9.92. The molecule has 0 N–H and O–H groups in total. The number of hydrogen-bond donors (Lipinski definition) is 0. The van der Waals surface area contributed by atoms with Crippen LogP contribution < -0.4 is 0 Å². The average Bonchev–Trinajstić information content (AvgIpc) is 2.90. The minimum Gasteiger partial charge on any atom is -0.454 e. The van der Waals surface area contributed by atoms with Crippen LogP contribution in [0.5, 0.6) is 0 Å². The molecular weight excluding hydrogens is 464 g/mol. The number of esters is 1. The Labute approximate surface area is 209 Å². The molecule has 35 heavy (non-hydrogen) atoms. The Kier molecular flexibility index (Phi) is 6.55. The highest BCUT2D eigenvalue weighted by molar-refractivity contribution is 6.33. The molecule has 0 aliphatic carbocycles. The van der Waals surface area contributed by atoms with E-state index < -0.39 is 12.0 Å². The molecule has 5 rings (SSSR count). The topological polar surface area (TPSA) is 66.9 Å². The number of rotatable bonds is 4. The van der Waals surface area contributed by atoms with Crippen LogP contribution in [0.15, 0.2) is 72.8 Å². The van der Waals surface area contributed by atoms with Crippen molar-refractivity contribution in [3.63, 3.8) is 0 Å². The molecule has 1 atom stereocenters. The van der Waals surface area contributed by atoms with E-state index in [0.717, 1.165) is 23.1 Å². The van der Waals surface area contributed by atoms with Crippen LogP contribution in [0.2, 0.25) is 5.02 Å². The predicted molar refractivity (Wildman–Crippen MR) is 132 cm³/mol. The van der Waals surface area contributed by atoms with Crippen molar-refractivity contribution in [1.82, 2.24) is 9.80 Å². The van der Waals surface area contributed by atoms with Gasteiger partial charge in [0.15, 0.2) is 6.61 Å². The fraction of sp³-hybridized carbons (Fsp3) is 0.250. The van der Waals surface area contributed by atoms with Crippen LogP contribution in [-0.4, -0.2) is 46.8 Å². The average molecular weight is 489 g/mol. The molecule has 7 heteroatoms. The maximum Gasteiger partial charge on any atom is 0.329 e.